The summed E-state index contributed by atoms with van der Waals surface area (Å²) in [6, 6.07) is -1.52. The fourth-order valence-electron chi connectivity index (χ4n) is 5.45. The first kappa shape index (κ1) is 50.0. The van der Waals surface area contributed by atoms with E-state index in [2.05, 4.69) is 42.7 Å². The third-order valence-corrected chi connectivity index (χ3v) is 9.65. The zero-order valence-corrected chi connectivity index (χ0v) is 33.5. The van der Waals surface area contributed by atoms with Crippen molar-refractivity contribution in [1.29, 1.82) is 0 Å². The van der Waals surface area contributed by atoms with E-state index in [1.165, 1.54) is 83.5 Å². The third-order valence-electron chi connectivity index (χ3n) is 8.70. The monoisotopic (exact) mass is 760 g/mol. The van der Waals surface area contributed by atoms with Crippen molar-refractivity contribution in [3.63, 3.8) is 0 Å². The van der Waals surface area contributed by atoms with Crippen LogP contribution in [0.5, 0.6) is 0 Å². The summed E-state index contributed by atoms with van der Waals surface area (Å²) in [5, 5.41) is 8.87. The normalized spacial score (nSPS) is 14.1. The summed E-state index contributed by atoms with van der Waals surface area (Å²) in [7, 11) is -4.71. The molecule has 0 aliphatic rings. The molecule has 4 N–H and O–H groups in total. The van der Waals surface area contributed by atoms with Gasteiger partial charge in [-0.25, -0.2) is 4.57 Å². The SMILES string of the molecule is CCCCC/C=C\C/C=C\CCCCCCCCCC(=O)OC(COC(=O)CCCCCCCCCCCCC)COP(=O)(O)OCC(N)C(=O)O. The summed E-state index contributed by atoms with van der Waals surface area (Å²) in [6.07, 6.45) is 35.3. The number of carbonyl (C=O) groups excluding carboxylic acids is 2. The molecule has 0 spiro atoms. The summed E-state index contributed by atoms with van der Waals surface area (Å²) in [5.41, 5.74) is 5.32. The van der Waals surface area contributed by atoms with Crippen molar-refractivity contribution < 1.29 is 47.5 Å². The van der Waals surface area contributed by atoms with E-state index >= 15 is 0 Å². The number of rotatable bonds is 38. The molecule has 0 rings (SSSR count). The molecule has 3 unspecified atom stereocenters. The minimum absolute atomic E-state index is 0.155. The second-order valence-electron chi connectivity index (χ2n) is 13.8. The number of hydrogen-bond acceptors (Lipinski definition) is 9. The van der Waals surface area contributed by atoms with Gasteiger partial charge in [-0.3, -0.25) is 23.4 Å². The van der Waals surface area contributed by atoms with Gasteiger partial charge in [0.05, 0.1) is 13.2 Å². The predicted octanol–water partition coefficient (Wildman–Crippen LogP) is 10.3. The van der Waals surface area contributed by atoms with Crippen LogP contribution in [0.4, 0.5) is 0 Å². The fraction of sp³-hybridized carbons (Fsp3) is 0.825. The number of esters is 2. The topological polar surface area (TPSA) is 172 Å². The fourth-order valence-corrected chi connectivity index (χ4v) is 6.23. The van der Waals surface area contributed by atoms with Crippen LogP contribution in [0.3, 0.4) is 0 Å². The lowest BCUT2D eigenvalue weighted by atomic mass is 10.1. The molecule has 0 aliphatic carbocycles. The van der Waals surface area contributed by atoms with Crippen LogP contribution in [0.1, 0.15) is 181 Å². The quantitative estimate of drug-likeness (QED) is 0.0237. The van der Waals surface area contributed by atoms with Gasteiger partial charge in [-0.1, -0.05) is 147 Å². The summed E-state index contributed by atoms with van der Waals surface area (Å²) in [4.78, 5) is 45.8. The third kappa shape index (κ3) is 35.0. The molecule has 0 aromatic rings. The van der Waals surface area contributed by atoms with Gasteiger partial charge in [-0.05, 0) is 44.9 Å². The number of unbranched alkanes of at least 4 members (excludes halogenated alkanes) is 20. The summed E-state index contributed by atoms with van der Waals surface area (Å²) < 4.78 is 32.6. The summed E-state index contributed by atoms with van der Waals surface area (Å²) >= 11 is 0. The van der Waals surface area contributed by atoms with Crippen LogP contribution in [0.15, 0.2) is 24.3 Å². The molecule has 0 heterocycles. The largest absolute Gasteiger partial charge is 0.480 e. The van der Waals surface area contributed by atoms with E-state index in [4.69, 9.17) is 24.8 Å². The Kier molecular flexibility index (Phi) is 34.6. The second kappa shape index (κ2) is 36.0. The first-order valence-electron chi connectivity index (χ1n) is 20.4. The highest BCUT2D eigenvalue weighted by Gasteiger charge is 2.28. The zero-order valence-electron chi connectivity index (χ0n) is 32.7. The van der Waals surface area contributed by atoms with Crippen molar-refractivity contribution >= 4 is 25.7 Å². The van der Waals surface area contributed by atoms with Crippen LogP contribution in [0.2, 0.25) is 0 Å². The lowest BCUT2D eigenvalue weighted by Crippen LogP contribution is -2.34. The molecule has 3 atom stereocenters. The Hall–Kier alpha value is -2.04. The Morgan fingerprint density at radius 1 is 0.596 bits per heavy atom. The molecule has 12 heteroatoms. The number of nitrogens with two attached hydrogens (primary N) is 1. The lowest BCUT2D eigenvalue weighted by molar-refractivity contribution is -0.161. The Labute approximate surface area is 315 Å². The van der Waals surface area contributed by atoms with Gasteiger partial charge in [0.15, 0.2) is 6.10 Å². The number of carboxylic acid groups (broad SMARTS) is 1. The molecule has 304 valence electrons. The number of ether oxygens (including phenoxy) is 2. The Morgan fingerprint density at radius 2 is 1.02 bits per heavy atom. The van der Waals surface area contributed by atoms with Gasteiger partial charge in [0.25, 0.3) is 0 Å². The van der Waals surface area contributed by atoms with Gasteiger partial charge >= 0.3 is 25.7 Å². The molecule has 0 saturated heterocycles. The molecular weight excluding hydrogens is 685 g/mol. The molecular formula is C40H74NO10P. The van der Waals surface area contributed by atoms with Gasteiger partial charge in [0.1, 0.15) is 12.6 Å². The maximum atomic E-state index is 12.6. The maximum Gasteiger partial charge on any atom is 0.472 e. The standard InChI is InChI=1S/C40H74NO10P/c1-3-5-7-9-11-13-15-16-17-18-19-20-22-24-26-28-30-32-39(43)51-36(34-49-52(46,47)50-35-37(41)40(44)45)33-48-38(42)31-29-27-25-23-21-14-12-10-8-6-4-2/h11,13,16-17,36-37H,3-10,12,14-15,18-35,41H2,1-2H3,(H,44,45)(H,46,47)/b13-11-,17-16-. The number of carboxylic acids is 1. The van der Waals surface area contributed by atoms with E-state index in [1.807, 2.05) is 0 Å². The van der Waals surface area contributed by atoms with Crippen molar-refractivity contribution in [2.45, 2.75) is 193 Å². The van der Waals surface area contributed by atoms with Gasteiger partial charge in [0, 0.05) is 12.8 Å². The van der Waals surface area contributed by atoms with E-state index < -0.39 is 51.1 Å². The number of aliphatic carboxylic acids is 1. The minimum Gasteiger partial charge on any atom is -0.480 e. The highest BCUT2D eigenvalue weighted by Crippen LogP contribution is 2.43. The Balaban J connectivity index is 4.39. The molecule has 0 saturated carbocycles. The number of phosphoric acid groups is 1. The van der Waals surface area contributed by atoms with Crippen LogP contribution in [-0.4, -0.2) is 59.9 Å². The average Bonchev–Trinajstić information content (AvgIpc) is 3.12. The average molecular weight is 760 g/mol. The van der Waals surface area contributed by atoms with Crippen LogP contribution in [0, 0.1) is 0 Å². The van der Waals surface area contributed by atoms with Gasteiger partial charge in [-0.2, -0.15) is 0 Å². The van der Waals surface area contributed by atoms with Gasteiger partial charge < -0.3 is 25.2 Å². The highest BCUT2D eigenvalue weighted by molar-refractivity contribution is 7.47. The van der Waals surface area contributed by atoms with Crippen molar-refractivity contribution in [2.24, 2.45) is 5.73 Å². The first-order chi connectivity index (χ1) is 25.1. The van der Waals surface area contributed by atoms with E-state index in [-0.39, 0.29) is 19.4 Å². The van der Waals surface area contributed by atoms with Gasteiger partial charge in [0.2, 0.25) is 0 Å². The molecule has 0 aromatic carbocycles. The Morgan fingerprint density at radius 3 is 1.54 bits per heavy atom. The van der Waals surface area contributed by atoms with E-state index in [1.54, 1.807) is 0 Å². The van der Waals surface area contributed by atoms with Crippen LogP contribution < -0.4 is 5.73 Å². The maximum absolute atomic E-state index is 12.6. The van der Waals surface area contributed by atoms with E-state index in [9.17, 15) is 23.8 Å². The summed E-state index contributed by atoms with van der Waals surface area (Å²) in [6.45, 7) is 2.75. The molecule has 11 nitrogen and oxygen atoms in total. The van der Waals surface area contributed by atoms with E-state index in [0.717, 1.165) is 57.8 Å². The molecule has 52 heavy (non-hydrogen) atoms. The molecule has 0 aromatic heterocycles. The van der Waals surface area contributed by atoms with Crippen LogP contribution in [-0.2, 0) is 37.5 Å². The Bertz CT molecular complexity index is 989. The molecule has 0 aliphatic heterocycles. The highest BCUT2D eigenvalue weighted by atomic mass is 31.2. The smallest absolute Gasteiger partial charge is 0.472 e. The van der Waals surface area contributed by atoms with Crippen LogP contribution >= 0.6 is 7.82 Å². The number of carbonyl (C=O) groups is 3. The molecule has 0 amide bonds. The zero-order chi connectivity index (χ0) is 38.5. The van der Waals surface area contributed by atoms with Gasteiger partial charge in [-0.15, -0.1) is 0 Å². The van der Waals surface area contributed by atoms with Crippen molar-refractivity contribution in [2.75, 3.05) is 19.8 Å². The minimum atomic E-state index is -4.71. The van der Waals surface area contributed by atoms with Crippen LogP contribution in [0.25, 0.3) is 0 Å². The summed E-state index contributed by atoms with van der Waals surface area (Å²) in [5.74, 6) is -2.38. The number of hydrogen-bond donors (Lipinski definition) is 3. The second-order valence-corrected chi connectivity index (χ2v) is 15.2. The molecule has 0 fully saturated rings. The van der Waals surface area contributed by atoms with Crippen molar-refractivity contribution in [3.8, 4) is 0 Å². The lowest BCUT2D eigenvalue weighted by Gasteiger charge is -2.20. The van der Waals surface area contributed by atoms with Crippen molar-refractivity contribution in [1.82, 2.24) is 0 Å². The van der Waals surface area contributed by atoms with E-state index in [0.29, 0.717) is 12.8 Å². The molecule has 0 radical (unpaired) electrons. The molecule has 0 bridgehead atoms. The first-order valence-corrected chi connectivity index (χ1v) is 21.9. The number of phosphoric ester groups is 1. The predicted molar refractivity (Wildman–Crippen MR) is 208 cm³/mol. The van der Waals surface area contributed by atoms with Crippen molar-refractivity contribution in [3.05, 3.63) is 24.3 Å². The number of allylic oxidation sites excluding steroid dienone is 4.